The average molecular weight is 293 g/mol. The van der Waals surface area contributed by atoms with Crippen LogP contribution in [0.2, 0.25) is 0 Å². The van der Waals surface area contributed by atoms with E-state index >= 15 is 0 Å². The summed E-state index contributed by atoms with van der Waals surface area (Å²) in [5.74, 6) is 0.260. The van der Waals surface area contributed by atoms with Gasteiger partial charge in [0.05, 0.1) is 0 Å². The van der Waals surface area contributed by atoms with Crippen LogP contribution >= 0.6 is 0 Å². The first-order chi connectivity index (χ1) is 10.3. The van der Waals surface area contributed by atoms with Crippen LogP contribution in [0.5, 0.6) is 0 Å². The number of hydrogen-bond acceptors (Lipinski definition) is 4. The van der Waals surface area contributed by atoms with Crippen molar-refractivity contribution in [2.45, 2.75) is 38.5 Å². The number of carbonyl (C=O) groups excluding carboxylic acids is 2. The van der Waals surface area contributed by atoms with E-state index < -0.39 is 0 Å². The Kier molecular flexibility index (Phi) is 6.21. The van der Waals surface area contributed by atoms with Crippen molar-refractivity contribution in [2.75, 3.05) is 24.6 Å². The lowest BCUT2D eigenvalue weighted by Crippen LogP contribution is -2.42. The molecule has 1 aliphatic rings. The predicted molar refractivity (Wildman–Crippen MR) is 79.4 cm³/mol. The zero-order valence-electron chi connectivity index (χ0n) is 12.3. The summed E-state index contributed by atoms with van der Waals surface area (Å²) in [6.45, 7) is 3.41. The molecule has 1 fully saturated rings. The highest BCUT2D eigenvalue weighted by Crippen LogP contribution is 2.12. The fraction of sp³-hybridized carbons (Fsp3) is 0.643. The first-order valence-corrected chi connectivity index (χ1v) is 7.56. The second-order valence-electron chi connectivity index (χ2n) is 5.27. The Bertz CT molecular complexity index is 429. The Morgan fingerprint density at radius 2 is 2.19 bits per heavy atom. The van der Waals surface area contributed by atoms with Gasteiger partial charge in [-0.1, -0.05) is 6.42 Å². The van der Waals surface area contributed by atoms with E-state index in [0.717, 1.165) is 19.4 Å². The summed E-state index contributed by atoms with van der Waals surface area (Å²) in [7, 11) is 0. The summed E-state index contributed by atoms with van der Waals surface area (Å²) in [4.78, 5) is 25.2. The van der Waals surface area contributed by atoms with Gasteiger partial charge in [0.25, 0.3) is 0 Å². The SMILES string of the molecule is O=CNN(C(=O)CCCCN1CCCCC1)c1cc[nH]n1. The van der Waals surface area contributed by atoms with E-state index in [9.17, 15) is 9.59 Å². The van der Waals surface area contributed by atoms with Crippen molar-refractivity contribution < 1.29 is 9.59 Å². The number of nitrogens with one attached hydrogen (secondary N) is 2. The normalized spacial score (nSPS) is 15.6. The maximum atomic E-state index is 12.1. The Morgan fingerprint density at radius 3 is 2.86 bits per heavy atom. The molecule has 116 valence electrons. The van der Waals surface area contributed by atoms with Gasteiger partial charge in [-0.05, 0) is 45.3 Å². The van der Waals surface area contributed by atoms with Crippen LogP contribution in [-0.2, 0) is 9.59 Å². The molecule has 21 heavy (non-hydrogen) atoms. The average Bonchev–Trinajstić information content (AvgIpc) is 3.04. The van der Waals surface area contributed by atoms with E-state index in [2.05, 4.69) is 20.5 Å². The summed E-state index contributed by atoms with van der Waals surface area (Å²) >= 11 is 0. The Hall–Kier alpha value is -1.89. The third-order valence-electron chi connectivity index (χ3n) is 3.71. The number of H-pyrrole nitrogens is 1. The second kappa shape index (κ2) is 8.41. The number of amides is 2. The minimum atomic E-state index is -0.146. The molecule has 0 saturated carbocycles. The molecule has 1 aromatic heterocycles. The van der Waals surface area contributed by atoms with Gasteiger partial charge < -0.3 is 4.90 Å². The molecule has 1 aliphatic heterocycles. The van der Waals surface area contributed by atoms with E-state index in [1.807, 2.05) is 0 Å². The maximum Gasteiger partial charge on any atom is 0.247 e. The zero-order chi connectivity index (χ0) is 14.9. The first kappa shape index (κ1) is 15.5. The van der Waals surface area contributed by atoms with Crippen LogP contribution in [0, 0.1) is 0 Å². The molecule has 2 N–H and O–H groups in total. The minimum absolute atomic E-state index is 0.146. The number of nitrogens with zero attached hydrogens (tertiary/aromatic N) is 3. The van der Waals surface area contributed by atoms with E-state index in [4.69, 9.17) is 0 Å². The van der Waals surface area contributed by atoms with Gasteiger partial charge >= 0.3 is 0 Å². The van der Waals surface area contributed by atoms with Crippen molar-refractivity contribution in [2.24, 2.45) is 0 Å². The van der Waals surface area contributed by atoms with Gasteiger partial charge in [-0.15, -0.1) is 0 Å². The molecule has 0 bridgehead atoms. The van der Waals surface area contributed by atoms with Crippen molar-refractivity contribution in [3.63, 3.8) is 0 Å². The standard InChI is InChI=1S/C14H23N5O2/c20-12-16-19(13-7-8-15-17-13)14(21)6-2-5-11-18-9-3-1-4-10-18/h7-8,12H,1-6,9-11H2,(H,15,17)(H,16,20). The summed E-state index contributed by atoms with van der Waals surface area (Å²) in [5, 5.41) is 7.72. The van der Waals surface area contributed by atoms with Crippen LogP contribution < -0.4 is 10.4 Å². The fourth-order valence-corrected chi connectivity index (χ4v) is 2.60. The summed E-state index contributed by atoms with van der Waals surface area (Å²) in [6, 6.07) is 1.64. The van der Waals surface area contributed by atoms with E-state index in [-0.39, 0.29) is 5.91 Å². The number of hydrogen-bond donors (Lipinski definition) is 2. The highest BCUT2D eigenvalue weighted by atomic mass is 16.2. The number of carbonyl (C=O) groups is 2. The minimum Gasteiger partial charge on any atom is -0.303 e. The van der Waals surface area contributed by atoms with Crippen LogP contribution in [0.4, 0.5) is 5.82 Å². The number of anilines is 1. The quantitative estimate of drug-likeness (QED) is 0.426. The van der Waals surface area contributed by atoms with E-state index in [1.54, 1.807) is 12.3 Å². The molecule has 2 rings (SSSR count). The number of piperidine rings is 1. The van der Waals surface area contributed by atoms with Crippen molar-refractivity contribution in [1.29, 1.82) is 0 Å². The number of aromatic nitrogens is 2. The lowest BCUT2D eigenvalue weighted by Gasteiger charge is -2.26. The number of aromatic amines is 1. The monoisotopic (exact) mass is 293 g/mol. The zero-order valence-corrected chi connectivity index (χ0v) is 12.3. The van der Waals surface area contributed by atoms with Crippen LogP contribution in [0.3, 0.4) is 0 Å². The highest BCUT2D eigenvalue weighted by Gasteiger charge is 2.17. The lowest BCUT2D eigenvalue weighted by atomic mass is 10.1. The molecule has 0 spiro atoms. The third-order valence-corrected chi connectivity index (χ3v) is 3.71. The molecule has 7 nitrogen and oxygen atoms in total. The van der Waals surface area contributed by atoms with Gasteiger partial charge in [0.15, 0.2) is 5.82 Å². The topological polar surface area (TPSA) is 81.3 Å². The number of unbranched alkanes of at least 4 members (excludes halogenated alkanes) is 1. The molecule has 0 atom stereocenters. The van der Waals surface area contributed by atoms with Crippen molar-refractivity contribution >= 4 is 18.1 Å². The van der Waals surface area contributed by atoms with Crippen LogP contribution in [0.1, 0.15) is 38.5 Å². The third kappa shape index (κ3) is 4.86. The van der Waals surface area contributed by atoms with Gasteiger partial charge in [0.2, 0.25) is 12.3 Å². The van der Waals surface area contributed by atoms with Gasteiger partial charge in [0, 0.05) is 18.7 Å². The molecule has 7 heteroatoms. The number of likely N-dealkylation sites (tertiary alicyclic amines) is 1. The molecular formula is C14H23N5O2. The molecular weight excluding hydrogens is 270 g/mol. The summed E-state index contributed by atoms with van der Waals surface area (Å²) in [5.41, 5.74) is 2.39. The summed E-state index contributed by atoms with van der Waals surface area (Å²) < 4.78 is 0. The van der Waals surface area contributed by atoms with Gasteiger partial charge in [0.1, 0.15) is 0 Å². The van der Waals surface area contributed by atoms with Gasteiger partial charge in [-0.2, -0.15) is 5.10 Å². The van der Waals surface area contributed by atoms with E-state index in [1.165, 1.54) is 37.4 Å². The largest absolute Gasteiger partial charge is 0.303 e. The summed E-state index contributed by atoms with van der Waals surface area (Å²) in [6.07, 6.45) is 8.23. The van der Waals surface area contributed by atoms with Crippen LogP contribution in [0.25, 0.3) is 0 Å². The highest BCUT2D eigenvalue weighted by molar-refractivity contribution is 5.92. The van der Waals surface area contributed by atoms with Crippen LogP contribution in [-0.4, -0.2) is 47.0 Å². The lowest BCUT2D eigenvalue weighted by molar-refractivity contribution is -0.121. The van der Waals surface area contributed by atoms with Crippen molar-refractivity contribution in [3.8, 4) is 0 Å². The first-order valence-electron chi connectivity index (χ1n) is 7.56. The van der Waals surface area contributed by atoms with Crippen LogP contribution in [0.15, 0.2) is 12.3 Å². The second-order valence-corrected chi connectivity index (χ2v) is 5.27. The number of hydrazine groups is 1. The number of rotatable bonds is 8. The molecule has 1 aromatic rings. The van der Waals surface area contributed by atoms with Crippen molar-refractivity contribution in [1.82, 2.24) is 20.5 Å². The Morgan fingerprint density at radius 1 is 1.38 bits per heavy atom. The molecule has 1 saturated heterocycles. The van der Waals surface area contributed by atoms with Gasteiger partial charge in [-0.3, -0.25) is 20.1 Å². The Labute approximate surface area is 124 Å². The predicted octanol–water partition coefficient (Wildman–Crippen LogP) is 1.06. The molecule has 0 radical (unpaired) electrons. The van der Waals surface area contributed by atoms with E-state index in [0.29, 0.717) is 18.6 Å². The Balaban J connectivity index is 1.70. The smallest absolute Gasteiger partial charge is 0.247 e. The molecule has 0 aromatic carbocycles. The molecule has 2 amide bonds. The molecule has 2 heterocycles. The fourth-order valence-electron chi connectivity index (χ4n) is 2.60. The van der Waals surface area contributed by atoms with Gasteiger partial charge in [-0.25, -0.2) is 5.01 Å². The molecule has 0 unspecified atom stereocenters. The molecule has 0 aliphatic carbocycles. The van der Waals surface area contributed by atoms with Crippen molar-refractivity contribution in [3.05, 3.63) is 12.3 Å². The maximum absolute atomic E-state index is 12.1.